The molecule has 0 rings (SSSR count). The lowest BCUT2D eigenvalue weighted by molar-refractivity contribution is 0.831. The van der Waals surface area contributed by atoms with Gasteiger partial charge >= 0.3 is 0 Å². The van der Waals surface area contributed by atoms with E-state index in [-0.39, 0.29) is 0 Å². The van der Waals surface area contributed by atoms with Gasteiger partial charge in [-0.2, -0.15) is 0 Å². The minimum atomic E-state index is 0.793. The van der Waals surface area contributed by atoms with Gasteiger partial charge in [-0.15, -0.1) is 0 Å². The van der Waals surface area contributed by atoms with Crippen molar-refractivity contribution >= 4 is 0 Å². The van der Waals surface area contributed by atoms with Crippen molar-refractivity contribution in [3.63, 3.8) is 0 Å². The summed E-state index contributed by atoms with van der Waals surface area (Å²) >= 11 is 0. The topological polar surface area (TPSA) is 52.0 Å². The molecule has 0 saturated carbocycles. The molecule has 0 saturated heterocycles. The molecule has 0 radical (unpaired) electrons. The third kappa shape index (κ3) is 7.66. The Bertz CT molecular complexity index is 69.3. The molecule has 0 aliphatic carbocycles. The smallest absolute Gasteiger partial charge is 0.00743 e. The predicted molar refractivity (Wildman–Crippen MR) is 45.7 cm³/mol. The average molecular weight is 142 g/mol. The molecule has 0 unspecified atom stereocenters. The Balaban J connectivity index is 2.89. The molecule has 0 bridgehead atoms. The lowest BCUT2D eigenvalue weighted by Gasteiger charge is -1.89. The van der Waals surface area contributed by atoms with Crippen LogP contribution in [0.25, 0.3) is 0 Å². The molecule has 0 aromatic rings. The van der Waals surface area contributed by atoms with Crippen LogP contribution in [0.15, 0.2) is 12.2 Å². The standard InChI is InChI=1S/C8H18N2/c9-7-5-3-1-2-4-6-8-10/h1-2H,3-10H2/b2-1-. The zero-order valence-electron chi connectivity index (χ0n) is 6.55. The van der Waals surface area contributed by atoms with Crippen LogP contribution in [0.1, 0.15) is 25.7 Å². The molecule has 0 aliphatic rings. The number of nitrogens with two attached hydrogens (primary N) is 2. The number of rotatable bonds is 6. The normalized spacial score (nSPS) is 11.0. The van der Waals surface area contributed by atoms with Gasteiger partial charge in [0.2, 0.25) is 0 Å². The van der Waals surface area contributed by atoms with Crippen LogP contribution < -0.4 is 11.5 Å². The van der Waals surface area contributed by atoms with Crippen molar-refractivity contribution in [2.75, 3.05) is 13.1 Å². The second-order valence-electron chi connectivity index (χ2n) is 2.33. The lowest BCUT2D eigenvalue weighted by Crippen LogP contribution is -1.97. The fraction of sp³-hybridized carbons (Fsp3) is 0.750. The Labute approximate surface area is 63.3 Å². The molecule has 0 heterocycles. The second-order valence-corrected chi connectivity index (χ2v) is 2.33. The number of hydrogen-bond acceptors (Lipinski definition) is 2. The first-order valence-electron chi connectivity index (χ1n) is 3.97. The molecule has 0 atom stereocenters. The molecule has 0 amide bonds. The zero-order valence-corrected chi connectivity index (χ0v) is 6.55. The highest BCUT2D eigenvalue weighted by molar-refractivity contribution is 4.81. The molecule has 60 valence electrons. The third-order valence-corrected chi connectivity index (χ3v) is 1.32. The van der Waals surface area contributed by atoms with Gasteiger partial charge in [0.15, 0.2) is 0 Å². The Morgan fingerprint density at radius 3 is 1.50 bits per heavy atom. The molecule has 0 aromatic carbocycles. The molecule has 0 fully saturated rings. The van der Waals surface area contributed by atoms with E-state index in [1.54, 1.807) is 0 Å². The largest absolute Gasteiger partial charge is 0.330 e. The second kappa shape index (κ2) is 8.66. The summed E-state index contributed by atoms with van der Waals surface area (Å²) in [6, 6.07) is 0. The van der Waals surface area contributed by atoms with Crippen LogP contribution in [0.5, 0.6) is 0 Å². The highest BCUT2D eigenvalue weighted by Gasteiger charge is 1.78. The van der Waals surface area contributed by atoms with E-state index in [0.29, 0.717) is 0 Å². The van der Waals surface area contributed by atoms with Crippen molar-refractivity contribution in [2.24, 2.45) is 11.5 Å². The Morgan fingerprint density at radius 2 is 1.20 bits per heavy atom. The summed E-state index contributed by atoms with van der Waals surface area (Å²) in [6.07, 6.45) is 8.78. The first-order valence-corrected chi connectivity index (χ1v) is 3.97. The third-order valence-electron chi connectivity index (χ3n) is 1.32. The van der Waals surface area contributed by atoms with E-state index in [4.69, 9.17) is 11.5 Å². The maximum Gasteiger partial charge on any atom is -0.00743 e. The molecule has 2 heteroatoms. The maximum atomic E-state index is 5.32. The van der Waals surface area contributed by atoms with Crippen LogP contribution in [0, 0.1) is 0 Å². The summed E-state index contributed by atoms with van der Waals surface area (Å²) < 4.78 is 0. The predicted octanol–water partition coefficient (Wildman–Crippen LogP) is 1.02. The highest BCUT2D eigenvalue weighted by atomic mass is 14.5. The summed E-state index contributed by atoms with van der Waals surface area (Å²) in [5.41, 5.74) is 10.6. The quantitative estimate of drug-likeness (QED) is 0.430. The van der Waals surface area contributed by atoms with Crippen LogP contribution in [0.3, 0.4) is 0 Å². The number of allylic oxidation sites excluding steroid dienone is 2. The van der Waals surface area contributed by atoms with Crippen LogP contribution in [0.2, 0.25) is 0 Å². The average Bonchev–Trinajstić information content (AvgIpc) is 1.97. The van der Waals surface area contributed by atoms with Gasteiger partial charge in [-0.25, -0.2) is 0 Å². The molecule has 4 N–H and O–H groups in total. The van der Waals surface area contributed by atoms with E-state index in [0.717, 1.165) is 38.8 Å². The van der Waals surface area contributed by atoms with Crippen molar-refractivity contribution in [3.05, 3.63) is 12.2 Å². The zero-order chi connectivity index (χ0) is 7.66. The van der Waals surface area contributed by atoms with Crippen LogP contribution in [-0.2, 0) is 0 Å². The summed E-state index contributed by atoms with van der Waals surface area (Å²) in [7, 11) is 0. The van der Waals surface area contributed by atoms with E-state index < -0.39 is 0 Å². The van der Waals surface area contributed by atoms with Crippen LogP contribution >= 0.6 is 0 Å². The van der Waals surface area contributed by atoms with Gasteiger partial charge in [0.25, 0.3) is 0 Å². The van der Waals surface area contributed by atoms with Crippen molar-refractivity contribution in [1.29, 1.82) is 0 Å². The molecule has 0 aromatic heterocycles. The van der Waals surface area contributed by atoms with Crippen LogP contribution in [-0.4, -0.2) is 13.1 Å². The van der Waals surface area contributed by atoms with E-state index in [2.05, 4.69) is 12.2 Å². The van der Waals surface area contributed by atoms with Gasteiger partial charge in [0.1, 0.15) is 0 Å². The Morgan fingerprint density at radius 1 is 0.800 bits per heavy atom. The van der Waals surface area contributed by atoms with E-state index in [1.165, 1.54) is 0 Å². The van der Waals surface area contributed by atoms with Gasteiger partial charge in [-0.05, 0) is 38.8 Å². The van der Waals surface area contributed by atoms with Gasteiger partial charge < -0.3 is 11.5 Å². The molecule has 0 spiro atoms. The minimum absolute atomic E-state index is 0.793. The maximum absolute atomic E-state index is 5.32. The summed E-state index contributed by atoms with van der Waals surface area (Å²) in [4.78, 5) is 0. The number of unbranched alkanes of at least 4 members (excludes halogenated alkanes) is 2. The first kappa shape index (κ1) is 9.66. The van der Waals surface area contributed by atoms with E-state index >= 15 is 0 Å². The molecular formula is C8H18N2. The van der Waals surface area contributed by atoms with Gasteiger partial charge in [0, 0.05) is 0 Å². The lowest BCUT2D eigenvalue weighted by atomic mass is 10.2. The van der Waals surface area contributed by atoms with E-state index in [9.17, 15) is 0 Å². The van der Waals surface area contributed by atoms with Gasteiger partial charge in [-0.1, -0.05) is 12.2 Å². The number of hydrogen-bond donors (Lipinski definition) is 2. The summed E-state index contributed by atoms with van der Waals surface area (Å²) in [5, 5.41) is 0. The fourth-order valence-corrected chi connectivity index (χ4v) is 0.707. The van der Waals surface area contributed by atoms with Crippen molar-refractivity contribution in [2.45, 2.75) is 25.7 Å². The summed E-state index contributed by atoms with van der Waals surface area (Å²) in [6.45, 7) is 1.59. The molecule has 10 heavy (non-hydrogen) atoms. The molecule has 2 nitrogen and oxygen atoms in total. The van der Waals surface area contributed by atoms with Crippen molar-refractivity contribution in [1.82, 2.24) is 0 Å². The van der Waals surface area contributed by atoms with Gasteiger partial charge in [0.05, 0.1) is 0 Å². The van der Waals surface area contributed by atoms with E-state index in [1.807, 2.05) is 0 Å². The molecular weight excluding hydrogens is 124 g/mol. The van der Waals surface area contributed by atoms with Crippen LogP contribution in [0.4, 0.5) is 0 Å². The minimum Gasteiger partial charge on any atom is -0.330 e. The Kier molecular flexibility index (Phi) is 8.37. The Hall–Kier alpha value is -0.340. The van der Waals surface area contributed by atoms with Gasteiger partial charge in [-0.3, -0.25) is 0 Å². The highest BCUT2D eigenvalue weighted by Crippen LogP contribution is 1.92. The SMILES string of the molecule is NCCC/C=C\CCCN. The van der Waals surface area contributed by atoms with Crippen molar-refractivity contribution in [3.8, 4) is 0 Å². The summed E-state index contributed by atoms with van der Waals surface area (Å²) in [5.74, 6) is 0. The van der Waals surface area contributed by atoms with Crippen molar-refractivity contribution < 1.29 is 0 Å². The molecule has 0 aliphatic heterocycles. The monoisotopic (exact) mass is 142 g/mol. The first-order chi connectivity index (χ1) is 4.91. The fourth-order valence-electron chi connectivity index (χ4n) is 0.707.